The van der Waals surface area contributed by atoms with E-state index in [0.29, 0.717) is 11.1 Å². The number of allylic oxidation sites excluding steroid dienone is 1. The van der Waals surface area contributed by atoms with E-state index in [1.165, 1.54) is 6.07 Å². The van der Waals surface area contributed by atoms with Crippen LogP contribution in [-0.4, -0.2) is 58.2 Å². The van der Waals surface area contributed by atoms with Crippen LogP contribution in [0.4, 0.5) is 0 Å². The molecule has 34 heavy (non-hydrogen) atoms. The van der Waals surface area contributed by atoms with Gasteiger partial charge in [0.25, 0.3) is 5.91 Å². The summed E-state index contributed by atoms with van der Waals surface area (Å²) < 4.78 is 0. The first-order chi connectivity index (χ1) is 15.7. The number of aromatic hydroxyl groups is 1. The van der Waals surface area contributed by atoms with Crippen LogP contribution < -0.4 is 5.73 Å². The van der Waals surface area contributed by atoms with Crippen LogP contribution in [0, 0.1) is 23.3 Å². The Labute approximate surface area is 198 Å². The van der Waals surface area contributed by atoms with Crippen LogP contribution in [0.3, 0.4) is 0 Å². The third-order valence-corrected chi connectivity index (χ3v) is 7.24. The van der Waals surface area contributed by atoms with Gasteiger partial charge in [-0.2, -0.15) is 0 Å². The molecule has 1 aromatic rings. The molecule has 0 spiro atoms. The van der Waals surface area contributed by atoms with Crippen molar-refractivity contribution in [2.24, 2.45) is 17.6 Å². The molecule has 0 saturated carbocycles. The molecule has 0 saturated heterocycles. The van der Waals surface area contributed by atoms with Crippen LogP contribution >= 0.6 is 0 Å². The Morgan fingerprint density at radius 1 is 1.26 bits per heavy atom. The molecule has 3 atom stereocenters. The van der Waals surface area contributed by atoms with Gasteiger partial charge in [0.05, 0.1) is 11.1 Å². The van der Waals surface area contributed by atoms with Crippen LogP contribution in [0.1, 0.15) is 34.3 Å². The van der Waals surface area contributed by atoms with E-state index in [1.54, 1.807) is 6.07 Å². The smallest absolute Gasteiger partial charge is 0.251 e. The van der Waals surface area contributed by atoms with E-state index in [9.17, 15) is 34.8 Å². The zero-order valence-corrected chi connectivity index (χ0v) is 20.4. The molecule has 3 rings (SSSR count). The Hall–Kier alpha value is -3.19. The minimum absolute atomic E-state index is 0.0377. The van der Waals surface area contributed by atoms with Gasteiger partial charge in [0, 0.05) is 23.7 Å². The van der Waals surface area contributed by atoms with E-state index < -0.39 is 60.9 Å². The number of phenols is 1. The second-order valence-corrected chi connectivity index (χ2v) is 14.6. The maximum Gasteiger partial charge on any atom is 0.251 e. The highest BCUT2D eigenvalue weighted by molar-refractivity contribution is 6.83. The monoisotopic (exact) mass is 483 g/mol. The van der Waals surface area contributed by atoms with Crippen LogP contribution in [0.15, 0.2) is 35.6 Å². The molecule has 2 aliphatic rings. The number of fused-ring (bicyclic) bond motifs is 2. The predicted octanol–water partition coefficient (Wildman–Crippen LogP) is 1.53. The number of amides is 1. The first-order valence-electron chi connectivity index (χ1n) is 11.0. The molecule has 0 fully saturated rings. The van der Waals surface area contributed by atoms with Gasteiger partial charge >= 0.3 is 0 Å². The summed E-state index contributed by atoms with van der Waals surface area (Å²) in [6, 6.07) is 3.00. The fourth-order valence-electron chi connectivity index (χ4n) is 4.67. The van der Waals surface area contributed by atoms with E-state index >= 15 is 0 Å². The van der Waals surface area contributed by atoms with Crippen molar-refractivity contribution in [3.63, 3.8) is 0 Å². The first kappa shape index (κ1) is 25.4. The number of carbonyl (C=O) groups excluding carboxylic acids is 3. The van der Waals surface area contributed by atoms with Gasteiger partial charge in [0.15, 0.2) is 11.4 Å². The van der Waals surface area contributed by atoms with Gasteiger partial charge in [-0.3, -0.25) is 14.4 Å². The highest BCUT2D eigenvalue weighted by atomic mass is 28.3. The second-order valence-electron chi connectivity index (χ2n) is 9.86. The zero-order valence-electron chi connectivity index (χ0n) is 19.4. The van der Waals surface area contributed by atoms with Gasteiger partial charge in [-0.1, -0.05) is 32.1 Å². The molecule has 0 heterocycles. The number of phenolic OH excluding ortho intramolecular Hbond substituents is 1. The van der Waals surface area contributed by atoms with Gasteiger partial charge in [-0.15, -0.1) is 5.54 Å². The lowest BCUT2D eigenvalue weighted by Gasteiger charge is -2.43. The molecule has 0 unspecified atom stereocenters. The van der Waals surface area contributed by atoms with E-state index in [2.05, 4.69) is 37.7 Å². The minimum Gasteiger partial charge on any atom is -0.508 e. The highest BCUT2D eigenvalue weighted by Crippen LogP contribution is 2.49. The molecular formula is C25H29NO7Si. The molecule has 0 aromatic heterocycles. The summed E-state index contributed by atoms with van der Waals surface area (Å²) in [6.07, 6.45) is 0.217. The number of primary amides is 1. The summed E-state index contributed by atoms with van der Waals surface area (Å²) in [5.74, 6) is -2.79. The van der Waals surface area contributed by atoms with Crippen molar-refractivity contribution in [2.45, 2.75) is 44.5 Å². The third-order valence-electron chi connectivity index (χ3n) is 6.36. The first-order valence-corrected chi connectivity index (χ1v) is 14.5. The SMILES string of the molecule is C=C(C(N)=O)C(=O)[C@@]1(O)C(O)=C2C(=O)c3c(O)ccc(C#C[Si](C)(C)C)c3C[C@H]2C[C@H]1CCO. The summed E-state index contributed by atoms with van der Waals surface area (Å²) in [5, 5.41) is 42.5. The Bertz CT molecular complexity index is 1200. The standard InChI is InChI=1S/C25H29NO7Si/c1-13(24(26)32)22(30)25(33)16(7-9-27)11-15-12-17-14(8-10-34(2,3)4)5-6-18(28)20(17)21(29)19(15)23(25)31/h5-6,15-16,27-28,31,33H,1,7,9,11-12H2,2-4H3,(H2,26,32)/t15-,16-,25-/m1/s1. The minimum atomic E-state index is -2.65. The molecule has 1 amide bonds. The summed E-state index contributed by atoms with van der Waals surface area (Å²) in [5.41, 5.74) is 5.91. The number of hydrogen-bond donors (Lipinski definition) is 5. The molecule has 0 radical (unpaired) electrons. The maximum absolute atomic E-state index is 13.5. The molecule has 9 heteroatoms. The molecule has 8 nitrogen and oxygen atoms in total. The fraction of sp³-hybridized carbons (Fsp3) is 0.400. The number of benzene rings is 1. The Morgan fingerprint density at radius 2 is 1.91 bits per heavy atom. The maximum atomic E-state index is 13.5. The average Bonchev–Trinajstić information content (AvgIpc) is 2.74. The number of Topliss-reactive ketones (excluding diaryl/α,β-unsaturated/α-hetero) is 2. The fourth-order valence-corrected chi connectivity index (χ4v) is 5.18. The van der Waals surface area contributed by atoms with Gasteiger partial charge in [-0.25, -0.2) is 0 Å². The van der Waals surface area contributed by atoms with E-state index in [-0.39, 0.29) is 36.1 Å². The lowest BCUT2D eigenvalue weighted by Crippen LogP contribution is -2.55. The number of nitrogens with two attached hydrogens (primary N) is 1. The predicted molar refractivity (Wildman–Crippen MR) is 128 cm³/mol. The Balaban J connectivity index is 2.23. The molecular weight excluding hydrogens is 454 g/mol. The molecule has 0 bridgehead atoms. The summed E-state index contributed by atoms with van der Waals surface area (Å²) >= 11 is 0. The summed E-state index contributed by atoms with van der Waals surface area (Å²) in [4.78, 5) is 38.0. The quantitative estimate of drug-likeness (QED) is 0.140. The Morgan fingerprint density at radius 3 is 2.47 bits per heavy atom. The molecule has 0 aliphatic heterocycles. The lowest BCUT2D eigenvalue weighted by molar-refractivity contribution is -0.142. The summed E-state index contributed by atoms with van der Waals surface area (Å²) in [7, 11) is -1.74. The number of rotatable bonds is 5. The van der Waals surface area contributed by atoms with Gasteiger partial charge in [0.1, 0.15) is 19.6 Å². The van der Waals surface area contributed by atoms with Crippen molar-refractivity contribution in [3.05, 3.63) is 52.3 Å². The van der Waals surface area contributed by atoms with Crippen LogP contribution in [0.5, 0.6) is 5.75 Å². The largest absolute Gasteiger partial charge is 0.508 e. The summed E-state index contributed by atoms with van der Waals surface area (Å²) in [6.45, 7) is 9.14. The topological polar surface area (TPSA) is 158 Å². The molecule has 1 aromatic carbocycles. The van der Waals surface area contributed by atoms with Crippen molar-refractivity contribution in [1.29, 1.82) is 0 Å². The van der Waals surface area contributed by atoms with Crippen LogP contribution in [0.2, 0.25) is 19.6 Å². The van der Waals surface area contributed by atoms with Crippen molar-refractivity contribution in [1.82, 2.24) is 0 Å². The van der Waals surface area contributed by atoms with Gasteiger partial charge in [-0.05, 0) is 42.9 Å². The van der Waals surface area contributed by atoms with Crippen molar-refractivity contribution in [3.8, 4) is 17.2 Å². The van der Waals surface area contributed by atoms with E-state index in [4.69, 9.17) is 5.73 Å². The number of hydrogen-bond acceptors (Lipinski definition) is 7. The average molecular weight is 484 g/mol. The number of carbonyl (C=O) groups is 3. The van der Waals surface area contributed by atoms with E-state index in [0.717, 1.165) is 0 Å². The molecule has 180 valence electrons. The number of aliphatic hydroxyl groups is 3. The van der Waals surface area contributed by atoms with E-state index in [1.807, 2.05) is 0 Å². The van der Waals surface area contributed by atoms with Crippen LogP contribution in [-0.2, 0) is 16.0 Å². The van der Waals surface area contributed by atoms with Gasteiger partial charge < -0.3 is 26.2 Å². The third kappa shape index (κ3) is 4.20. The van der Waals surface area contributed by atoms with Crippen LogP contribution in [0.25, 0.3) is 0 Å². The molecule has 6 N–H and O–H groups in total. The normalized spacial score (nSPS) is 24.0. The van der Waals surface area contributed by atoms with Crippen molar-refractivity contribution in [2.75, 3.05) is 6.61 Å². The lowest BCUT2D eigenvalue weighted by atomic mass is 9.62. The number of ketones is 2. The second kappa shape index (κ2) is 8.87. The zero-order chi connectivity index (χ0) is 25.6. The van der Waals surface area contributed by atoms with Crippen molar-refractivity contribution >= 4 is 25.5 Å². The van der Waals surface area contributed by atoms with Crippen molar-refractivity contribution < 1.29 is 34.8 Å². The van der Waals surface area contributed by atoms with Gasteiger partial charge in [0.2, 0.25) is 5.78 Å². The highest BCUT2D eigenvalue weighted by Gasteiger charge is 2.56. The Kier molecular flexibility index (Phi) is 6.63. The number of aliphatic hydroxyl groups excluding tert-OH is 2. The molecule has 2 aliphatic carbocycles.